The lowest BCUT2D eigenvalue weighted by Gasteiger charge is -2.36. The fraction of sp³-hybridized carbons (Fsp3) is 0.483. The summed E-state index contributed by atoms with van der Waals surface area (Å²) in [5.41, 5.74) is 3.16. The van der Waals surface area contributed by atoms with E-state index in [1.165, 1.54) is 0 Å². The van der Waals surface area contributed by atoms with Gasteiger partial charge >= 0.3 is 6.09 Å². The van der Waals surface area contributed by atoms with Crippen LogP contribution in [-0.4, -0.2) is 64.8 Å². The van der Waals surface area contributed by atoms with Gasteiger partial charge in [-0.15, -0.1) is 0 Å². The van der Waals surface area contributed by atoms with Crippen LogP contribution >= 0.6 is 11.6 Å². The Balaban J connectivity index is 1.43. The second-order valence-electron chi connectivity index (χ2n) is 10.7. The second kappa shape index (κ2) is 12.1. The smallest absolute Gasteiger partial charge is 0.410 e. The molecule has 1 fully saturated rings. The predicted octanol–water partition coefficient (Wildman–Crippen LogP) is 5.98. The topological polar surface area (TPSA) is 67.8 Å². The third kappa shape index (κ3) is 7.55. The zero-order valence-electron chi connectivity index (χ0n) is 22.2. The van der Waals surface area contributed by atoms with Gasteiger partial charge < -0.3 is 19.3 Å². The number of halogens is 1. The van der Waals surface area contributed by atoms with E-state index in [4.69, 9.17) is 21.1 Å². The fourth-order valence-electron chi connectivity index (χ4n) is 4.85. The number of pyridine rings is 2. The van der Waals surface area contributed by atoms with E-state index in [9.17, 15) is 4.79 Å². The van der Waals surface area contributed by atoms with Crippen LogP contribution < -0.4 is 4.74 Å². The lowest BCUT2D eigenvalue weighted by molar-refractivity contribution is 0.0169. The van der Waals surface area contributed by atoms with E-state index in [1.54, 1.807) is 13.3 Å². The van der Waals surface area contributed by atoms with Crippen molar-refractivity contribution in [1.82, 2.24) is 19.8 Å². The third-order valence-corrected chi connectivity index (χ3v) is 6.90. The second-order valence-corrected chi connectivity index (χ2v) is 11.1. The molecule has 0 aliphatic carbocycles. The molecule has 7 nitrogen and oxygen atoms in total. The highest BCUT2D eigenvalue weighted by molar-refractivity contribution is 6.32. The molecule has 4 rings (SSSR count). The van der Waals surface area contributed by atoms with Gasteiger partial charge in [0, 0.05) is 44.0 Å². The van der Waals surface area contributed by atoms with Gasteiger partial charge in [0.15, 0.2) is 0 Å². The van der Waals surface area contributed by atoms with E-state index in [1.807, 2.05) is 56.0 Å². The van der Waals surface area contributed by atoms with Crippen LogP contribution in [0.2, 0.25) is 5.02 Å². The van der Waals surface area contributed by atoms with Crippen molar-refractivity contribution in [3.63, 3.8) is 0 Å². The Morgan fingerprint density at radius 2 is 1.97 bits per heavy atom. The number of likely N-dealkylation sites (tertiary alicyclic amines) is 1. The van der Waals surface area contributed by atoms with E-state index in [0.717, 1.165) is 61.1 Å². The first-order chi connectivity index (χ1) is 17.7. The Labute approximate surface area is 224 Å². The molecule has 1 aliphatic rings. The van der Waals surface area contributed by atoms with Gasteiger partial charge in [0.25, 0.3) is 0 Å². The number of carbonyl (C=O) groups excluding carboxylic acids is 1. The number of rotatable bonds is 8. The summed E-state index contributed by atoms with van der Waals surface area (Å²) in [5, 5.41) is 0.626. The average molecular weight is 525 g/mol. The maximum atomic E-state index is 13.1. The molecule has 1 unspecified atom stereocenters. The van der Waals surface area contributed by atoms with Gasteiger partial charge in [-0.2, -0.15) is 0 Å². The number of hydrogen-bond acceptors (Lipinski definition) is 6. The summed E-state index contributed by atoms with van der Waals surface area (Å²) in [7, 11) is 1.61. The molecule has 1 atom stereocenters. The zero-order valence-corrected chi connectivity index (χ0v) is 23.0. The maximum absolute atomic E-state index is 13.1. The molecule has 1 amide bonds. The molecule has 0 bridgehead atoms. The summed E-state index contributed by atoms with van der Waals surface area (Å²) >= 11 is 6.56. The molecule has 1 aliphatic heterocycles. The first kappa shape index (κ1) is 27.1. The molecule has 198 valence electrons. The summed E-state index contributed by atoms with van der Waals surface area (Å²) in [6.45, 7) is 9.74. The van der Waals surface area contributed by atoms with Gasteiger partial charge in [0.2, 0.25) is 5.88 Å². The summed E-state index contributed by atoms with van der Waals surface area (Å²) in [6, 6.07) is 13.8. The Bertz CT molecular complexity index is 1200. The normalized spacial score (nSPS) is 16.5. The van der Waals surface area contributed by atoms with E-state index >= 15 is 0 Å². The molecule has 3 heterocycles. The number of aromatic nitrogens is 2. The maximum Gasteiger partial charge on any atom is 0.410 e. The highest BCUT2D eigenvalue weighted by Gasteiger charge is 2.28. The molecule has 0 spiro atoms. The molecule has 0 radical (unpaired) electrons. The summed E-state index contributed by atoms with van der Waals surface area (Å²) in [5.74, 6) is 0.921. The van der Waals surface area contributed by atoms with Crippen molar-refractivity contribution in [3.8, 4) is 5.88 Å². The number of amides is 1. The third-order valence-electron chi connectivity index (χ3n) is 6.58. The number of piperidine rings is 1. The first-order valence-corrected chi connectivity index (χ1v) is 13.3. The molecular formula is C29H37ClN4O3. The van der Waals surface area contributed by atoms with Crippen molar-refractivity contribution in [3.05, 3.63) is 64.8 Å². The number of ether oxygens (including phenoxy) is 2. The molecule has 2 aromatic heterocycles. The van der Waals surface area contributed by atoms with Crippen molar-refractivity contribution in [2.45, 2.75) is 52.2 Å². The lowest BCUT2D eigenvalue weighted by atomic mass is 9.96. The van der Waals surface area contributed by atoms with E-state index < -0.39 is 5.60 Å². The Hall–Kier alpha value is -2.90. The molecule has 1 saturated heterocycles. The van der Waals surface area contributed by atoms with E-state index in [0.29, 0.717) is 29.9 Å². The molecule has 37 heavy (non-hydrogen) atoms. The van der Waals surface area contributed by atoms with Crippen LogP contribution in [0.25, 0.3) is 11.0 Å². The van der Waals surface area contributed by atoms with Crippen molar-refractivity contribution in [1.29, 1.82) is 0 Å². The van der Waals surface area contributed by atoms with Crippen LogP contribution in [0.15, 0.2) is 48.7 Å². The fourth-order valence-corrected chi connectivity index (χ4v) is 5.08. The minimum Gasteiger partial charge on any atom is -0.481 e. The number of nitrogens with zero attached hydrogens (tertiary/aromatic N) is 4. The van der Waals surface area contributed by atoms with Crippen molar-refractivity contribution < 1.29 is 14.3 Å². The van der Waals surface area contributed by atoms with Crippen LogP contribution in [0.5, 0.6) is 5.88 Å². The monoisotopic (exact) mass is 524 g/mol. The quantitative estimate of drug-likeness (QED) is 0.361. The van der Waals surface area contributed by atoms with Crippen LogP contribution in [0.1, 0.15) is 44.7 Å². The van der Waals surface area contributed by atoms with E-state index in [2.05, 4.69) is 27.0 Å². The van der Waals surface area contributed by atoms with E-state index in [-0.39, 0.29) is 6.09 Å². The number of fused-ring (bicyclic) bond motifs is 1. The van der Waals surface area contributed by atoms with Crippen LogP contribution in [0.4, 0.5) is 4.79 Å². The number of hydrogen-bond donors (Lipinski definition) is 0. The van der Waals surface area contributed by atoms with Crippen molar-refractivity contribution in [2.24, 2.45) is 5.92 Å². The largest absolute Gasteiger partial charge is 0.481 e. The number of benzene rings is 1. The summed E-state index contributed by atoms with van der Waals surface area (Å²) in [4.78, 5) is 26.5. The minimum atomic E-state index is -0.534. The van der Waals surface area contributed by atoms with Gasteiger partial charge in [0.05, 0.1) is 23.2 Å². The number of carbonyl (C=O) groups is 1. The molecule has 8 heteroatoms. The van der Waals surface area contributed by atoms with Gasteiger partial charge in [-0.05, 0) is 64.1 Å². The van der Waals surface area contributed by atoms with Crippen LogP contribution in [0, 0.1) is 5.92 Å². The highest BCUT2D eigenvalue weighted by Crippen LogP contribution is 2.27. The van der Waals surface area contributed by atoms with Gasteiger partial charge in [-0.25, -0.2) is 9.78 Å². The van der Waals surface area contributed by atoms with Crippen LogP contribution in [0.3, 0.4) is 0 Å². The SMILES string of the molecule is COc1ccc2ncc(Cl)c(CCN3CCCC(CN(Cc4ccccc4)C(=O)OC(C)(C)C)C3)c2n1. The Morgan fingerprint density at radius 1 is 1.19 bits per heavy atom. The molecule has 1 aromatic carbocycles. The Morgan fingerprint density at radius 3 is 2.70 bits per heavy atom. The molecule has 3 aromatic rings. The molecule has 0 saturated carbocycles. The standard InChI is InChI=1S/C29H37ClN4O3/c1-29(2,3)37-28(35)34(19-21-9-6-5-7-10-21)20-22-11-8-15-33(18-22)16-14-23-24(30)17-31-25-12-13-26(36-4)32-27(23)25/h5-7,9-10,12-13,17,22H,8,11,14-16,18-20H2,1-4H3. The van der Waals surface area contributed by atoms with Gasteiger partial charge in [-0.3, -0.25) is 4.98 Å². The van der Waals surface area contributed by atoms with Crippen molar-refractivity contribution in [2.75, 3.05) is 33.3 Å². The highest BCUT2D eigenvalue weighted by atomic mass is 35.5. The summed E-state index contributed by atoms with van der Waals surface area (Å²) < 4.78 is 11.1. The Kier molecular flexibility index (Phi) is 8.87. The van der Waals surface area contributed by atoms with Crippen molar-refractivity contribution >= 4 is 28.7 Å². The zero-order chi connectivity index (χ0) is 26.4. The predicted molar refractivity (Wildman–Crippen MR) is 147 cm³/mol. The molecular weight excluding hydrogens is 488 g/mol. The number of methoxy groups -OCH3 is 1. The average Bonchev–Trinajstić information content (AvgIpc) is 2.87. The summed E-state index contributed by atoms with van der Waals surface area (Å²) in [6.07, 6.45) is 4.39. The molecule has 0 N–H and O–H groups in total. The van der Waals surface area contributed by atoms with Crippen LogP contribution in [-0.2, 0) is 17.7 Å². The first-order valence-electron chi connectivity index (χ1n) is 12.9. The minimum absolute atomic E-state index is 0.261. The van der Waals surface area contributed by atoms with Gasteiger partial charge in [0.1, 0.15) is 5.60 Å². The lowest BCUT2D eigenvalue weighted by Crippen LogP contribution is -2.44. The van der Waals surface area contributed by atoms with Gasteiger partial charge in [-0.1, -0.05) is 41.9 Å².